The molecule has 0 heterocycles. The van der Waals surface area contributed by atoms with Crippen molar-refractivity contribution in [1.82, 2.24) is 0 Å². The molecule has 0 aliphatic heterocycles. The molecule has 1 aliphatic carbocycles. The van der Waals surface area contributed by atoms with Gasteiger partial charge in [0.15, 0.2) is 5.83 Å². The highest BCUT2D eigenvalue weighted by molar-refractivity contribution is 5.76. The van der Waals surface area contributed by atoms with Crippen LogP contribution in [0.3, 0.4) is 0 Å². The molecule has 15 heavy (non-hydrogen) atoms. The summed E-state index contributed by atoms with van der Waals surface area (Å²) < 4.78 is 48.0. The van der Waals surface area contributed by atoms with Gasteiger partial charge in [-0.05, 0) is 17.4 Å². The van der Waals surface area contributed by atoms with Gasteiger partial charge in [0.1, 0.15) is 0 Å². The summed E-state index contributed by atoms with van der Waals surface area (Å²) in [7, 11) is 0. The zero-order valence-corrected chi connectivity index (χ0v) is 8.10. The van der Waals surface area contributed by atoms with Crippen LogP contribution in [0.15, 0.2) is 11.9 Å². The largest absolute Gasteiger partial charge is 0.481 e. The standard InChI is InChI=1S/C9H10F4O2/c1-8(2)4(6(8)7(14)15)3-5(10)9(11,12)13/h3-4,6H,1-2H3,(H,14,15)/b5-3+/t4-,6-/m0/s1. The Labute approximate surface area is 83.6 Å². The van der Waals surface area contributed by atoms with E-state index < -0.39 is 35.2 Å². The Balaban J connectivity index is 2.83. The highest BCUT2D eigenvalue weighted by Gasteiger charge is 2.61. The predicted molar refractivity (Wildman–Crippen MR) is 43.6 cm³/mol. The fraction of sp³-hybridized carbons (Fsp3) is 0.667. The van der Waals surface area contributed by atoms with E-state index in [9.17, 15) is 22.4 Å². The second kappa shape index (κ2) is 3.21. The first-order chi connectivity index (χ1) is 6.58. The summed E-state index contributed by atoms with van der Waals surface area (Å²) in [4.78, 5) is 10.6. The molecular weight excluding hydrogens is 216 g/mol. The normalized spacial score (nSPS) is 30.1. The maximum absolute atomic E-state index is 12.5. The van der Waals surface area contributed by atoms with Crippen LogP contribution in [0.4, 0.5) is 17.6 Å². The first kappa shape index (κ1) is 12.0. The maximum Gasteiger partial charge on any atom is 0.442 e. The number of halogens is 4. The lowest BCUT2D eigenvalue weighted by Crippen LogP contribution is -2.08. The molecule has 0 aromatic carbocycles. The van der Waals surface area contributed by atoms with Gasteiger partial charge in [-0.25, -0.2) is 4.39 Å². The lowest BCUT2D eigenvalue weighted by atomic mass is 10.1. The Hall–Kier alpha value is -1.07. The van der Waals surface area contributed by atoms with Gasteiger partial charge in [0.25, 0.3) is 0 Å². The number of carbonyl (C=O) groups is 1. The molecule has 1 aliphatic rings. The summed E-state index contributed by atoms with van der Waals surface area (Å²) in [6.07, 6.45) is -4.67. The minimum absolute atomic E-state index is 0.360. The van der Waals surface area contributed by atoms with Gasteiger partial charge < -0.3 is 5.11 Å². The Morgan fingerprint density at radius 3 is 2.13 bits per heavy atom. The minimum Gasteiger partial charge on any atom is -0.481 e. The van der Waals surface area contributed by atoms with Crippen LogP contribution in [0.25, 0.3) is 0 Å². The van der Waals surface area contributed by atoms with Crippen molar-refractivity contribution in [2.45, 2.75) is 20.0 Å². The van der Waals surface area contributed by atoms with Crippen molar-refractivity contribution in [2.75, 3.05) is 0 Å². The number of rotatable bonds is 2. The first-order valence-electron chi connectivity index (χ1n) is 4.26. The zero-order valence-electron chi connectivity index (χ0n) is 8.10. The maximum atomic E-state index is 12.5. The SMILES string of the molecule is CC1(C)[C@H](C(=O)O)[C@@H]1/C=C(/F)C(F)(F)F. The van der Waals surface area contributed by atoms with E-state index >= 15 is 0 Å². The van der Waals surface area contributed by atoms with E-state index in [1.165, 1.54) is 13.8 Å². The molecule has 2 nitrogen and oxygen atoms in total. The van der Waals surface area contributed by atoms with Gasteiger partial charge >= 0.3 is 12.1 Å². The summed E-state index contributed by atoms with van der Waals surface area (Å²) in [6.45, 7) is 2.99. The molecule has 1 saturated carbocycles. The van der Waals surface area contributed by atoms with E-state index in [1.54, 1.807) is 0 Å². The molecule has 1 rings (SSSR count). The highest BCUT2D eigenvalue weighted by atomic mass is 19.4. The van der Waals surface area contributed by atoms with E-state index in [2.05, 4.69) is 0 Å². The van der Waals surface area contributed by atoms with Crippen molar-refractivity contribution in [3.63, 3.8) is 0 Å². The highest BCUT2D eigenvalue weighted by Crippen LogP contribution is 2.59. The van der Waals surface area contributed by atoms with Crippen LogP contribution in [0.5, 0.6) is 0 Å². The fourth-order valence-electron chi connectivity index (χ4n) is 1.71. The molecule has 0 aromatic heterocycles. The van der Waals surface area contributed by atoms with Gasteiger partial charge in [0.05, 0.1) is 5.92 Å². The van der Waals surface area contributed by atoms with Gasteiger partial charge in [-0.1, -0.05) is 13.8 Å². The van der Waals surface area contributed by atoms with Crippen LogP contribution in [-0.4, -0.2) is 17.3 Å². The van der Waals surface area contributed by atoms with E-state index in [1.807, 2.05) is 0 Å². The van der Waals surface area contributed by atoms with Crippen LogP contribution in [0.1, 0.15) is 13.8 Å². The van der Waals surface area contributed by atoms with Gasteiger partial charge in [0, 0.05) is 0 Å². The summed E-state index contributed by atoms with van der Waals surface area (Å²) in [6, 6.07) is 0. The molecule has 0 saturated heterocycles. The fourth-order valence-corrected chi connectivity index (χ4v) is 1.71. The minimum atomic E-state index is -5.03. The van der Waals surface area contributed by atoms with Crippen LogP contribution in [0, 0.1) is 17.3 Å². The van der Waals surface area contributed by atoms with Crippen LogP contribution in [-0.2, 0) is 4.79 Å². The van der Waals surface area contributed by atoms with Crippen LogP contribution in [0.2, 0.25) is 0 Å². The second-order valence-corrected chi connectivity index (χ2v) is 4.18. The molecule has 0 unspecified atom stereocenters. The number of carboxylic acids is 1. The summed E-state index contributed by atoms with van der Waals surface area (Å²) >= 11 is 0. The van der Waals surface area contributed by atoms with Gasteiger partial charge in [-0.15, -0.1) is 0 Å². The smallest absolute Gasteiger partial charge is 0.442 e. The van der Waals surface area contributed by atoms with Crippen molar-refractivity contribution in [3.05, 3.63) is 11.9 Å². The van der Waals surface area contributed by atoms with Crippen molar-refractivity contribution in [1.29, 1.82) is 0 Å². The molecular formula is C9H10F4O2. The Morgan fingerprint density at radius 1 is 1.40 bits per heavy atom. The Bertz CT molecular complexity index is 317. The van der Waals surface area contributed by atoms with Crippen molar-refractivity contribution in [3.8, 4) is 0 Å². The monoisotopic (exact) mass is 226 g/mol. The molecule has 2 atom stereocenters. The zero-order chi connectivity index (χ0) is 12.0. The summed E-state index contributed by atoms with van der Waals surface area (Å²) in [5.74, 6) is -5.25. The van der Waals surface area contributed by atoms with Crippen molar-refractivity contribution in [2.24, 2.45) is 17.3 Å². The average molecular weight is 226 g/mol. The van der Waals surface area contributed by atoms with E-state index in [-0.39, 0.29) is 0 Å². The third-order valence-electron chi connectivity index (χ3n) is 2.77. The molecule has 1 N–H and O–H groups in total. The Morgan fingerprint density at radius 2 is 1.87 bits per heavy atom. The summed E-state index contributed by atoms with van der Waals surface area (Å²) in [5.41, 5.74) is -0.811. The quantitative estimate of drug-likeness (QED) is 0.735. The molecule has 0 spiro atoms. The topological polar surface area (TPSA) is 37.3 Å². The second-order valence-electron chi connectivity index (χ2n) is 4.18. The number of aliphatic carboxylic acids is 1. The lowest BCUT2D eigenvalue weighted by molar-refractivity contribution is -0.139. The molecule has 1 fully saturated rings. The molecule has 0 bridgehead atoms. The van der Waals surface area contributed by atoms with Gasteiger partial charge in [0.2, 0.25) is 0 Å². The molecule has 6 heteroatoms. The predicted octanol–water partition coefficient (Wildman–Crippen LogP) is 2.76. The number of allylic oxidation sites excluding steroid dienone is 2. The van der Waals surface area contributed by atoms with Crippen molar-refractivity contribution < 1.29 is 27.5 Å². The lowest BCUT2D eigenvalue weighted by Gasteiger charge is -2.02. The van der Waals surface area contributed by atoms with Crippen LogP contribution < -0.4 is 0 Å². The molecule has 0 amide bonds. The third-order valence-corrected chi connectivity index (χ3v) is 2.77. The van der Waals surface area contributed by atoms with Gasteiger partial charge in [-0.2, -0.15) is 13.2 Å². The number of hydrogen-bond donors (Lipinski definition) is 1. The van der Waals surface area contributed by atoms with Crippen LogP contribution >= 0.6 is 0 Å². The average Bonchev–Trinajstić information content (AvgIpc) is 2.50. The van der Waals surface area contributed by atoms with Gasteiger partial charge in [-0.3, -0.25) is 4.79 Å². The number of hydrogen-bond acceptors (Lipinski definition) is 1. The number of carboxylic acid groups (broad SMARTS) is 1. The van der Waals surface area contributed by atoms with Crippen molar-refractivity contribution >= 4 is 5.97 Å². The third kappa shape index (κ3) is 2.13. The number of alkyl halides is 3. The van der Waals surface area contributed by atoms with E-state index in [0.717, 1.165) is 0 Å². The Kier molecular flexibility index (Phi) is 2.57. The molecule has 0 radical (unpaired) electrons. The molecule has 86 valence electrons. The molecule has 0 aromatic rings. The summed E-state index contributed by atoms with van der Waals surface area (Å²) in [5, 5.41) is 8.64. The first-order valence-corrected chi connectivity index (χ1v) is 4.26. The van der Waals surface area contributed by atoms with E-state index in [0.29, 0.717) is 6.08 Å². The van der Waals surface area contributed by atoms with E-state index in [4.69, 9.17) is 5.11 Å².